The van der Waals surface area contributed by atoms with Crippen molar-refractivity contribution >= 4 is 40.6 Å². The molecule has 23 heavy (non-hydrogen) atoms. The number of hydrogen-bond acceptors (Lipinski definition) is 4. The molecule has 1 N–H and O–H groups in total. The lowest BCUT2D eigenvalue weighted by atomic mass is 10.2. The monoisotopic (exact) mass is 350 g/mol. The molecular weight excluding hydrogens is 336 g/mol. The smallest absolute Gasteiger partial charge is 0.269 e. The summed E-state index contributed by atoms with van der Waals surface area (Å²) >= 11 is 7.41. The van der Waals surface area contributed by atoms with Crippen LogP contribution in [0.25, 0.3) is 0 Å². The van der Waals surface area contributed by atoms with Gasteiger partial charge >= 0.3 is 0 Å². The Morgan fingerprint density at radius 1 is 1.30 bits per heavy atom. The van der Waals surface area contributed by atoms with Crippen LogP contribution in [-0.4, -0.2) is 16.6 Å². The van der Waals surface area contributed by atoms with Crippen molar-refractivity contribution in [3.63, 3.8) is 0 Å². The highest BCUT2D eigenvalue weighted by Crippen LogP contribution is 2.23. The van der Waals surface area contributed by atoms with E-state index < -0.39 is 4.92 Å². The fourth-order valence-corrected chi connectivity index (χ4v) is 2.90. The molecule has 2 rings (SSSR count). The second-order valence-corrected chi connectivity index (χ2v) is 6.27. The van der Waals surface area contributed by atoms with Crippen LogP contribution in [0.4, 0.5) is 11.4 Å². The van der Waals surface area contributed by atoms with Gasteiger partial charge < -0.3 is 5.32 Å². The number of anilines is 1. The number of nitrogens with one attached hydrogen (secondary N) is 1. The standard InChI is InChI=1S/C16H15ClN2O3S/c1-11-14(17)6-3-7-15(11)18-16(20)10-23-9-12-4-2-5-13(8-12)19(21)22/h2-8H,9-10H2,1H3,(H,18,20). The first-order valence-corrected chi connectivity index (χ1v) is 8.36. The highest BCUT2D eigenvalue weighted by molar-refractivity contribution is 7.99. The Kier molecular flexibility index (Phi) is 6.01. The van der Waals surface area contributed by atoms with Gasteiger partial charge in [0, 0.05) is 28.6 Å². The van der Waals surface area contributed by atoms with Crippen molar-refractivity contribution in [1.82, 2.24) is 0 Å². The predicted molar refractivity (Wildman–Crippen MR) is 94.1 cm³/mol. The Labute approximate surface area is 143 Å². The third-order valence-corrected chi connectivity index (χ3v) is 4.58. The first-order valence-electron chi connectivity index (χ1n) is 6.83. The average molecular weight is 351 g/mol. The van der Waals surface area contributed by atoms with Crippen molar-refractivity contribution in [2.24, 2.45) is 0 Å². The number of non-ortho nitro benzene ring substituents is 1. The van der Waals surface area contributed by atoms with Crippen molar-refractivity contribution in [3.05, 3.63) is 68.7 Å². The van der Waals surface area contributed by atoms with Crippen molar-refractivity contribution in [3.8, 4) is 0 Å². The van der Waals surface area contributed by atoms with Gasteiger partial charge in [0.15, 0.2) is 0 Å². The zero-order valence-corrected chi connectivity index (χ0v) is 14.0. The summed E-state index contributed by atoms with van der Waals surface area (Å²) in [4.78, 5) is 22.3. The molecule has 0 atom stereocenters. The Bertz CT molecular complexity index is 737. The van der Waals surface area contributed by atoms with Crippen molar-refractivity contribution in [2.75, 3.05) is 11.1 Å². The van der Waals surface area contributed by atoms with Gasteiger partial charge in [-0.05, 0) is 30.2 Å². The number of nitro benzene ring substituents is 1. The summed E-state index contributed by atoms with van der Waals surface area (Å²) in [5, 5.41) is 14.1. The van der Waals surface area contributed by atoms with E-state index in [4.69, 9.17) is 11.6 Å². The molecular formula is C16H15ClN2O3S. The SMILES string of the molecule is Cc1c(Cl)cccc1NC(=O)CSCc1cccc([N+](=O)[O-])c1. The summed E-state index contributed by atoms with van der Waals surface area (Å²) in [5.74, 6) is 0.656. The number of carbonyl (C=O) groups is 1. The number of thioether (sulfide) groups is 1. The van der Waals surface area contributed by atoms with Crippen LogP contribution in [0, 0.1) is 17.0 Å². The lowest BCUT2D eigenvalue weighted by molar-refractivity contribution is -0.384. The Balaban J connectivity index is 1.86. The fraction of sp³-hybridized carbons (Fsp3) is 0.188. The summed E-state index contributed by atoms with van der Waals surface area (Å²) in [5.41, 5.74) is 2.39. The molecule has 0 saturated carbocycles. The number of amides is 1. The van der Waals surface area contributed by atoms with E-state index in [0.29, 0.717) is 16.5 Å². The summed E-state index contributed by atoms with van der Waals surface area (Å²) in [7, 11) is 0. The lowest BCUT2D eigenvalue weighted by Gasteiger charge is -2.09. The maximum Gasteiger partial charge on any atom is 0.269 e. The van der Waals surface area contributed by atoms with Crippen molar-refractivity contribution in [2.45, 2.75) is 12.7 Å². The Hall–Kier alpha value is -2.05. The van der Waals surface area contributed by atoms with Gasteiger partial charge in [-0.25, -0.2) is 0 Å². The second kappa shape index (κ2) is 7.99. The molecule has 5 nitrogen and oxygen atoms in total. The molecule has 0 unspecified atom stereocenters. The largest absolute Gasteiger partial charge is 0.325 e. The van der Waals surface area contributed by atoms with E-state index >= 15 is 0 Å². The Morgan fingerprint density at radius 2 is 2.04 bits per heavy atom. The number of benzene rings is 2. The van der Waals surface area contributed by atoms with Crippen molar-refractivity contribution < 1.29 is 9.72 Å². The van der Waals surface area contributed by atoms with Gasteiger partial charge in [0.2, 0.25) is 5.91 Å². The first-order chi connectivity index (χ1) is 11.0. The van der Waals surface area contributed by atoms with Gasteiger partial charge in [-0.15, -0.1) is 11.8 Å². The van der Waals surface area contributed by atoms with Crippen LogP contribution in [0.3, 0.4) is 0 Å². The summed E-state index contributed by atoms with van der Waals surface area (Å²) < 4.78 is 0. The van der Waals surface area contributed by atoms with Gasteiger partial charge in [0.1, 0.15) is 0 Å². The van der Waals surface area contributed by atoms with E-state index in [2.05, 4.69) is 5.32 Å². The van der Waals surface area contributed by atoms with E-state index in [-0.39, 0.29) is 17.3 Å². The van der Waals surface area contributed by atoms with E-state index in [9.17, 15) is 14.9 Å². The molecule has 1 amide bonds. The van der Waals surface area contributed by atoms with E-state index in [1.165, 1.54) is 23.9 Å². The quantitative estimate of drug-likeness (QED) is 0.618. The van der Waals surface area contributed by atoms with Gasteiger partial charge in [-0.3, -0.25) is 14.9 Å². The fourth-order valence-electron chi connectivity index (χ4n) is 1.95. The third-order valence-electron chi connectivity index (χ3n) is 3.17. The molecule has 120 valence electrons. The van der Waals surface area contributed by atoms with Gasteiger partial charge in [0.05, 0.1) is 10.7 Å². The molecule has 0 spiro atoms. The first kappa shape index (κ1) is 17.3. The zero-order chi connectivity index (χ0) is 16.8. The van der Waals surface area contributed by atoms with Crippen LogP contribution < -0.4 is 5.32 Å². The molecule has 0 aliphatic heterocycles. The minimum atomic E-state index is -0.428. The molecule has 0 heterocycles. The minimum Gasteiger partial charge on any atom is -0.325 e. The van der Waals surface area contributed by atoms with Crippen LogP contribution in [-0.2, 0) is 10.5 Å². The summed E-state index contributed by atoms with van der Waals surface area (Å²) in [6, 6.07) is 11.8. The summed E-state index contributed by atoms with van der Waals surface area (Å²) in [6.07, 6.45) is 0. The van der Waals surface area contributed by atoms with Crippen LogP contribution >= 0.6 is 23.4 Å². The van der Waals surface area contributed by atoms with Gasteiger partial charge in [-0.1, -0.05) is 29.8 Å². The number of halogens is 1. The third kappa shape index (κ3) is 4.97. The van der Waals surface area contributed by atoms with Crippen LogP contribution in [0.5, 0.6) is 0 Å². The van der Waals surface area contributed by atoms with Gasteiger partial charge in [-0.2, -0.15) is 0 Å². The molecule has 0 radical (unpaired) electrons. The molecule has 7 heteroatoms. The number of nitrogens with zero attached hydrogens (tertiary/aromatic N) is 1. The van der Waals surface area contributed by atoms with E-state index in [0.717, 1.165) is 11.1 Å². The predicted octanol–water partition coefficient (Wildman–Crippen LogP) is 4.43. The van der Waals surface area contributed by atoms with Crippen LogP contribution in [0.2, 0.25) is 5.02 Å². The van der Waals surface area contributed by atoms with Crippen molar-refractivity contribution in [1.29, 1.82) is 0 Å². The Morgan fingerprint density at radius 3 is 2.78 bits per heavy atom. The molecule has 2 aromatic rings. The average Bonchev–Trinajstić information content (AvgIpc) is 2.52. The second-order valence-electron chi connectivity index (χ2n) is 4.88. The zero-order valence-electron chi connectivity index (χ0n) is 12.4. The lowest BCUT2D eigenvalue weighted by Crippen LogP contribution is -2.15. The van der Waals surface area contributed by atoms with E-state index in [1.54, 1.807) is 30.3 Å². The molecule has 0 aromatic heterocycles. The van der Waals surface area contributed by atoms with Gasteiger partial charge in [0.25, 0.3) is 5.69 Å². The normalized spacial score (nSPS) is 10.3. The van der Waals surface area contributed by atoms with Crippen LogP contribution in [0.1, 0.15) is 11.1 Å². The highest BCUT2D eigenvalue weighted by atomic mass is 35.5. The maximum atomic E-state index is 12.0. The summed E-state index contributed by atoms with van der Waals surface area (Å²) in [6.45, 7) is 1.84. The highest BCUT2D eigenvalue weighted by Gasteiger charge is 2.09. The topological polar surface area (TPSA) is 72.2 Å². The number of carbonyl (C=O) groups excluding carboxylic acids is 1. The van der Waals surface area contributed by atoms with E-state index in [1.807, 2.05) is 6.92 Å². The maximum absolute atomic E-state index is 12.0. The van der Waals surface area contributed by atoms with Crippen LogP contribution in [0.15, 0.2) is 42.5 Å². The molecule has 0 aliphatic carbocycles. The molecule has 2 aromatic carbocycles. The number of rotatable bonds is 6. The molecule has 0 fully saturated rings. The number of nitro groups is 1. The minimum absolute atomic E-state index is 0.0575. The molecule has 0 bridgehead atoms. The molecule has 0 saturated heterocycles. The number of hydrogen-bond donors (Lipinski definition) is 1. The molecule has 0 aliphatic rings.